The van der Waals surface area contributed by atoms with Gasteiger partial charge in [-0.15, -0.1) is 0 Å². The van der Waals surface area contributed by atoms with Crippen molar-refractivity contribution in [2.75, 3.05) is 11.4 Å². The lowest BCUT2D eigenvalue weighted by Crippen LogP contribution is -2.37. The molecule has 0 spiro atoms. The molecule has 0 aromatic heterocycles. The number of carbonyl (C=O) groups is 1. The Balaban J connectivity index is 1.84. The second kappa shape index (κ2) is 6.68. The lowest BCUT2D eigenvalue weighted by molar-refractivity contribution is -0.119. The van der Waals surface area contributed by atoms with E-state index in [1.165, 1.54) is 0 Å². The Bertz CT molecular complexity index is 918. The smallest absolute Gasteiger partial charge is 0.239 e. The maximum atomic E-state index is 13.7. The van der Waals surface area contributed by atoms with Gasteiger partial charge in [-0.05, 0) is 37.6 Å². The highest BCUT2D eigenvalue weighted by molar-refractivity contribution is 6.01. The molecule has 0 unspecified atom stereocenters. The fourth-order valence-electron chi connectivity index (χ4n) is 3.64. The zero-order valence-electron chi connectivity index (χ0n) is 15.0. The van der Waals surface area contributed by atoms with Gasteiger partial charge in [-0.2, -0.15) is 0 Å². The van der Waals surface area contributed by atoms with Gasteiger partial charge in [0.2, 0.25) is 5.91 Å². The molecule has 3 aromatic carbocycles. The number of hydrogen-bond acceptors (Lipinski definition) is 2. The number of anilines is 1. The predicted octanol–water partition coefficient (Wildman–Crippen LogP) is 5.29. The van der Waals surface area contributed by atoms with Crippen molar-refractivity contribution in [1.82, 2.24) is 0 Å². The molecule has 3 aromatic rings. The van der Waals surface area contributed by atoms with E-state index < -0.39 is 0 Å². The zero-order chi connectivity index (χ0) is 18.1. The molecule has 0 atom stereocenters. The summed E-state index contributed by atoms with van der Waals surface area (Å²) < 4.78 is 6.03. The van der Waals surface area contributed by atoms with Gasteiger partial charge in [0.25, 0.3) is 0 Å². The third-order valence-corrected chi connectivity index (χ3v) is 4.92. The van der Waals surface area contributed by atoms with Gasteiger partial charge in [-0.1, -0.05) is 54.6 Å². The van der Waals surface area contributed by atoms with Gasteiger partial charge >= 0.3 is 0 Å². The second-order valence-electron chi connectivity index (χ2n) is 6.48. The van der Waals surface area contributed by atoms with Gasteiger partial charge in [0.1, 0.15) is 11.5 Å². The molecular weight excluding hydrogens is 322 g/mol. The van der Waals surface area contributed by atoms with Crippen LogP contribution in [0.5, 0.6) is 11.5 Å². The largest absolute Gasteiger partial charge is 0.457 e. The van der Waals surface area contributed by atoms with Crippen molar-refractivity contribution in [3.8, 4) is 11.5 Å². The van der Waals surface area contributed by atoms with Crippen molar-refractivity contribution in [2.45, 2.75) is 19.8 Å². The van der Waals surface area contributed by atoms with E-state index in [2.05, 4.69) is 0 Å². The normalized spacial score (nSPS) is 12.7. The number of amides is 1. The monoisotopic (exact) mass is 343 g/mol. The first kappa shape index (κ1) is 16.4. The number of nitrogens with zero attached hydrogens (tertiary/aromatic N) is 1. The van der Waals surface area contributed by atoms with Gasteiger partial charge in [0.05, 0.1) is 5.92 Å². The summed E-state index contributed by atoms with van der Waals surface area (Å²) in [6.45, 7) is 4.67. The molecule has 0 bridgehead atoms. The van der Waals surface area contributed by atoms with E-state index in [0.29, 0.717) is 6.54 Å². The first-order valence-electron chi connectivity index (χ1n) is 8.93. The Labute approximate surface area is 153 Å². The summed E-state index contributed by atoms with van der Waals surface area (Å²) in [6.07, 6.45) is 0. The van der Waals surface area contributed by atoms with Crippen molar-refractivity contribution in [3.63, 3.8) is 0 Å². The van der Waals surface area contributed by atoms with Crippen molar-refractivity contribution >= 4 is 11.6 Å². The number of benzene rings is 3. The standard InChI is InChI=1S/C23H21NO2/c1-3-24(19-13-7-4-10-16(19)2)23(25)22-17-11-5-8-14-20(17)26-21-15-9-6-12-18(21)22/h4-15,22H,3H2,1-2H3. The van der Waals surface area contributed by atoms with Crippen LogP contribution in [0.3, 0.4) is 0 Å². The average Bonchev–Trinajstić information content (AvgIpc) is 2.68. The van der Waals surface area contributed by atoms with E-state index in [9.17, 15) is 4.79 Å². The minimum Gasteiger partial charge on any atom is -0.457 e. The molecule has 0 aliphatic carbocycles. The number of fused-ring (bicyclic) bond motifs is 2. The number of para-hydroxylation sites is 3. The number of aryl methyl sites for hydroxylation is 1. The molecule has 0 radical (unpaired) electrons. The molecule has 0 N–H and O–H groups in total. The molecule has 26 heavy (non-hydrogen) atoms. The Kier molecular flexibility index (Phi) is 4.21. The summed E-state index contributed by atoms with van der Waals surface area (Å²) in [5, 5.41) is 0. The summed E-state index contributed by atoms with van der Waals surface area (Å²) in [5.41, 5.74) is 3.89. The Morgan fingerprint density at radius 1 is 0.885 bits per heavy atom. The van der Waals surface area contributed by atoms with Crippen LogP contribution in [0.15, 0.2) is 72.8 Å². The minimum absolute atomic E-state index is 0.0741. The highest BCUT2D eigenvalue weighted by atomic mass is 16.5. The molecule has 3 heteroatoms. The number of ether oxygens (including phenoxy) is 1. The maximum absolute atomic E-state index is 13.7. The summed E-state index contributed by atoms with van der Waals surface area (Å²) in [6, 6.07) is 23.6. The van der Waals surface area contributed by atoms with Crippen molar-refractivity contribution in [2.24, 2.45) is 0 Å². The Morgan fingerprint density at radius 2 is 1.42 bits per heavy atom. The molecule has 130 valence electrons. The third kappa shape index (κ3) is 2.66. The van der Waals surface area contributed by atoms with E-state index in [1.54, 1.807) is 0 Å². The topological polar surface area (TPSA) is 29.5 Å². The zero-order valence-corrected chi connectivity index (χ0v) is 15.0. The van der Waals surface area contributed by atoms with Crippen LogP contribution in [0.1, 0.15) is 29.5 Å². The van der Waals surface area contributed by atoms with Gasteiger partial charge in [0.15, 0.2) is 0 Å². The van der Waals surface area contributed by atoms with Gasteiger partial charge < -0.3 is 9.64 Å². The molecule has 1 heterocycles. The molecule has 1 aliphatic rings. The van der Waals surface area contributed by atoms with Crippen LogP contribution in [0.4, 0.5) is 5.69 Å². The maximum Gasteiger partial charge on any atom is 0.239 e. The van der Waals surface area contributed by atoms with Crippen LogP contribution in [0.2, 0.25) is 0 Å². The molecule has 0 fully saturated rings. The predicted molar refractivity (Wildman–Crippen MR) is 104 cm³/mol. The molecule has 0 saturated carbocycles. The number of likely N-dealkylation sites (N-methyl/N-ethyl adjacent to an activating group) is 1. The van der Waals surface area contributed by atoms with Crippen LogP contribution in [-0.4, -0.2) is 12.5 Å². The SMILES string of the molecule is CCN(C(=O)C1c2ccccc2Oc2ccccc21)c1ccccc1C. The van der Waals surface area contributed by atoms with Crippen LogP contribution < -0.4 is 9.64 Å². The Hall–Kier alpha value is -3.07. The third-order valence-electron chi connectivity index (χ3n) is 4.92. The van der Waals surface area contributed by atoms with Crippen LogP contribution >= 0.6 is 0 Å². The van der Waals surface area contributed by atoms with Gasteiger partial charge in [0, 0.05) is 23.4 Å². The van der Waals surface area contributed by atoms with Crippen molar-refractivity contribution < 1.29 is 9.53 Å². The minimum atomic E-state index is -0.365. The van der Waals surface area contributed by atoms with Crippen LogP contribution in [-0.2, 0) is 4.79 Å². The number of hydrogen-bond donors (Lipinski definition) is 0. The molecule has 0 saturated heterocycles. The fraction of sp³-hybridized carbons (Fsp3) is 0.174. The molecular formula is C23H21NO2. The number of rotatable bonds is 3. The molecule has 3 nitrogen and oxygen atoms in total. The Morgan fingerprint density at radius 3 is 2.00 bits per heavy atom. The van der Waals surface area contributed by atoms with Crippen molar-refractivity contribution in [3.05, 3.63) is 89.5 Å². The summed E-state index contributed by atoms with van der Waals surface area (Å²) in [5.74, 6) is 1.22. The van der Waals surface area contributed by atoms with E-state index in [4.69, 9.17) is 4.74 Å². The van der Waals surface area contributed by atoms with E-state index in [1.807, 2.05) is 91.5 Å². The van der Waals surface area contributed by atoms with E-state index in [0.717, 1.165) is 33.9 Å². The van der Waals surface area contributed by atoms with E-state index >= 15 is 0 Å². The van der Waals surface area contributed by atoms with Crippen molar-refractivity contribution in [1.29, 1.82) is 0 Å². The van der Waals surface area contributed by atoms with Crippen LogP contribution in [0, 0.1) is 6.92 Å². The molecule has 1 amide bonds. The summed E-state index contributed by atoms with van der Waals surface area (Å²) >= 11 is 0. The average molecular weight is 343 g/mol. The van der Waals surface area contributed by atoms with Gasteiger partial charge in [-0.25, -0.2) is 0 Å². The second-order valence-corrected chi connectivity index (χ2v) is 6.48. The van der Waals surface area contributed by atoms with Gasteiger partial charge in [-0.3, -0.25) is 4.79 Å². The summed E-state index contributed by atoms with van der Waals surface area (Å²) in [7, 11) is 0. The van der Waals surface area contributed by atoms with E-state index in [-0.39, 0.29) is 11.8 Å². The molecule has 1 aliphatic heterocycles. The highest BCUT2D eigenvalue weighted by Crippen LogP contribution is 2.45. The fourth-order valence-corrected chi connectivity index (χ4v) is 3.64. The highest BCUT2D eigenvalue weighted by Gasteiger charge is 2.35. The molecule has 4 rings (SSSR count). The number of carbonyl (C=O) groups excluding carboxylic acids is 1. The first-order valence-corrected chi connectivity index (χ1v) is 8.93. The lowest BCUT2D eigenvalue weighted by atomic mass is 9.86. The quantitative estimate of drug-likeness (QED) is 0.647. The summed E-state index contributed by atoms with van der Waals surface area (Å²) in [4.78, 5) is 15.6. The lowest BCUT2D eigenvalue weighted by Gasteiger charge is -2.32. The van der Waals surface area contributed by atoms with Crippen LogP contribution in [0.25, 0.3) is 0 Å². The first-order chi connectivity index (χ1) is 12.7.